The molecule has 1 aromatic carbocycles. The van der Waals surface area contributed by atoms with E-state index in [0.717, 1.165) is 31.9 Å². The molecule has 2 rings (SSSR count). The second kappa shape index (κ2) is 7.88. The van der Waals surface area contributed by atoms with E-state index in [1.54, 1.807) is 12.1 Å². The van der Waals surface area contributed by atoms with Crippen molar-refractivity contribution in [2.45, 2.75) is 25.4 Å². The van der Waals surface area contributed by atoms with Gasteiger partial charge in [-0.05, 0) is 44.5 Å². The fourth-order valence-electron chi connectivity index (χ4n) is 2.41. The zero-order valence-corrected chi connectivity index (χ0v) is 12.0. The van der Waals surface area contributed by atoms with E-state index in [2.05, 4.69) is 18.0 Å². The molecule has 0 spiro atoms. The average Bonchev–Trinajstić information content (AvgIpc) is 2.97. The van der Waals surface area contributed by atoms with E-state index in [-0.39, 0.29) is 0 Å². The molecule has 0 saturated carbocycles. The lowest BCUT2D eigenvalue weighted by molar-refractivity contribution is 0.0797. The van der Waals surface area contributed by atoms with Crippen LogP contribution in [0.2, 0.25) is 0 Å². The number of hydrogen-bond donors (Lipinski definition) is 0. The van der Waals surface area contributed by atoms with Crippen molar-refractivity contribution in [1.29, 1.82) is 5.26 Å². The Morgan fingerprint density at radius 3 is 3.15 bits per heavy atom. The van der Waals surface area contributed by atoms with Crippen molar-refractivity contribution >= 4 is 0 Å². The molecule has 1 aliphatic rings. The minimum Gasteiger partial charge on any atom is -0.494 e. The van der Waals surface area contributed by atoms with Crippen molar-refractivity contribution < 1.29 is 9.47 Å². The van der Waals surface area contributed by atoms with Crippen LogP contribution in [0.25, 0.3) is 0 Å². The van der Waals surface area contributed by atoms with Crippen LogP contribution >= 0.6 is 0 Å². The van der Waals surface area contributed by atoms with Crippen LogP contribution in [0.3, 0.4) is 0 Å². The highest BCUT2D eigenvalue weighted by atomic mass is 16.5. The summed E-state index contributed by atoms with van der Waals surface area (Å²) in [6, 6.07) is 9.40. The zero-order chi connectivity index (χ0) is 14.2. The lowest BCUT2D eigenvalue weighted by atomic mass is 10.2. The van der Waals surface area contributed by atoms with Crippen molar-refractivity contribution in [2.24, 2.45) is 0 Å². The summed E-state index contributed by atoms with van der Waals surface area (Å²) in [4.78, 5) is 2.30. The van der Waals surface area contributed by atoms with E-state index in [0.29, 0.717) is 18.3 Å². The van der Waals surface area contributed by atoms with Gasteiger partial charge in [0.15, 0.2) is 0 Å². The molecule has 4 heteroatoms. The van der Waals surface area contributed by atoms with Crippen molar-refractivity contribution in [1.82, 2.24) is 4.90 Å². The topological polar surface area (TPSA) is 45.5 Å². The Balaban J connectivity index is 1.61. The molecule has 0 radical (unpaired) electrons. The Morgan fingerprint density at radius 2 is 2.40 bits per heavy atom. The number of ether oxygens (including phenoxy) is 2. The maximum atomic E-state index is 8.82. The number of benzene rings is 1. The van der Waals surface area contributed by atoms with Crippen LogP contribution in [0.4, 0.5) is 0 Å². The maximum Gasteiger partial charge on any atom is 0.120 e. The molecular weight excluding hydrogens is 252 g/mol. The van der Waals surface area contributed by atoms with Gasteiger partial charge >= 0.3 is 0 Å². The first-order valence-corrected chi connectivity index (χ1v) is 7.21. The summed E-state index contributed by atoms with van der Waals surface area (Å²) in [6.45, 7) is 3.59. The second-order valence-corrected chi connectivity index (χ2v) is 5.24. The molecule has 1 unspecified atom stereocenters. The summed E-state index contributed by atoms with van der Waals surface area (Å²) in [5, 5.41) is 8.82. The first kappa shape index (κ1) is 14.8. The molecular formula is C16H22N2O2. The van der Waals surface area contributed by atoms with E-state index < -0.39 is 0 Å². The molecule has 1 saturated heterocycles. The van der Waals surface area contributed by atoms with Crippen LogP contribution < -0.4 is 4.74 Å². The molecule has 108 valence electrons. The summed E-state index contributed by atoms with van der Waals surface area (Å²) < 4.78 is 11.3. The zero-order valence-electron chi connectivity index (χ0n) is 12.0. The Labute approximate surface area is 120 Å². The fourth-order valence-corrected chi connectivity index (χ4v) is 2.41. The molecule has 20 heavy (non-hydrogen) atoms. The SMILES string of the molecule is CN(CCCOc1cccc(C#N)c1)CC1CCCO1. The van der Waals surface area contributed by atoms with Crippen molar-refractivity contribution in [2.75, 3.05) is 33.4 Å². The lowest BCUT2D eigenvalue weighted by Crippen LogP contribution is -2.30. The van der Waals surface area contributed by atoms with E-state index >= 15 is 0 Å². The van der Waals surface area contributed by atoms with Gasteiger partial charge in [-0.1, -0.05) is 6.07 Å². The average molecular weight is 274 g/mol. The Hall–Kier alpha value is -1.57. The highest BCUT2D eigenvalue weighted by Gasteiger charge is 2.16. The molecule has 1 atom stereocenters. The first-order chi connectivity index (χ1) is 9.78. The van der Waals surface area contributed by atoms with Gasteiger partial charge in [-0.15, -0.1) is 0 Å². The largest absolute Gasteiger partial charge is 0.494 e. The molecule has 0 bridgehead atoms. The van der Waals surface area contributed by atoms with Crippen LogP contribution in [0.1, 0.15) is 24.8 Å². The summed E-state index contributed by atoms with van der Waals surface area (Å²) in [5.41, 5.74) is 0.637. The number of nitriles is 1. The molecule has 0 N–H and O–H groups in total. The minimum atomic E-state index is 0.410. The quantitative estimate of drug-likeness (QED) is 0.716. The third-order valence-corrected chi connectivity index (χ3v) is 3.46. The van der Waals surface area contributed by atoms with Gasteiger partial charge in [0.2, 0.25) is 0 Å². The summed E-state index contributed by atoms with van der Waals surface area (Å²) in [6.07, 6.45) is 3.76. The third-order valence-electron chi connectivity index (χ3n) is 3.46. The van der Waals surface area contributed by atoms with Gasteiger partial charge in [0.1, 0.15) is 5.75 Å². The number of rotatable bonds is 7. The monoisotopic (exact) mass is 274 g/mol. The van der Waals surface area contributed by atoms with Gasteiger partial charge in [0.25, 0.3) is 0 Å². The Morgan fingerprint density at radius 1 is 1.50 bits per heavy atom. The van der Waals surface area contributed by atoms with Crippen LogP contribution in [-0.2, 0) is 4.74 Å². The van der Waals surface area contributed by atoms with E-state index in [9.17, 15) is 0 Å². The van der Waals surface area contributed by atoms with Gasteiger partial charge in [-0.25, -0.2) is 0 Å². The fraction of sp³-hybridized carbons (Fsp3) is 0.562. The van der Waals surface area contributed by atoms with Crippen molar-refractivity contribution in [3.63, 3.8) is 0 Å². The van der Waals surface area contributed by atoms with Gasteiger partial charge < -0.3 is 14.4 Å². The predicted octanol–water partition coefficient (Wildman–Crippen LogP) is 2.44. The predicted molar refractivity (Wildman–Crippen MR) is 77.7 cm³/mol. The second-order valence-electron chi connectivity index (χ2n) is 5.24. The van der Waals surface area contributed by atoms with Crippen molar-refractivity contribution in [3.05, 3.63) is 29.8 Å². The Bertz CT molecular complexity index is 450. The highest BCUT2D eigenvalue weighted by molar-refractivity contribution is 5.36. The number of nitrogens with zero attached hydrogens (tertiary/aromatic N) is 2. The highest BCUT2D eigenvalue weighted by Crippen LogP contribution is 2.14. The normalized spacial score (nSPS) is 18.1. The molecule has 4 nitrogen and oxygen atoms in total. The number of hydrogen-bond acceptors (Lipinski definition) is 4. The summed E-state index contributed by atoms with van der Waals surface area (Å²) >= 11 is 0. The van der Waals surface area contributed by atoms with Crippen molar-refractivity contribution in [3.8, 4) is 11.8 Å². The Kier molecular flexibility index (Phi) is 5.85. The van der Waals surface area contributed by atoms with E-state index in [1.807, 2.05) is 12.1 Å². The standard InChI is InChI=1S/C16H22N2O2/c1-18(13-16-7-3-9-20-16)8-4-10-19-15-6-2-5-14(11-15)12-17/h2,5-6,11,16H,3-4,7-10,13H2,1H3. The molecule has 0 aliphatic carbocycles. The van der Waals surface area contributed by atoms with Gasteiger partial charge in [0, 0.05) is 19.7 Å². The van der Waals surface area contributed by atoms with Gasteiger partial charge in [-0.3, -0.25) is 0 Å². The minimum absolute atomic E-state index is 0.410. The maximum absolute atomic E-state index is 8.82. The first-order valence-electron chi connectivity index (χ1n) is 7.21. The molecule has 0 amide bonds. The van der Waals surface area contributed by atoms with Crippen LogP contribution in [0, 0.1) is 11.3 Å². The number of likely N-dealkylation sites (N-methyl/N-ethyl adjacent to an activating group) is 1. The molecule has 1 heterocycles. The van der Waals surface area contributed by atoms with Crippen LogP contribution in [0.5, 0.6) is 5.75 Å². The van der Waals surface area contributed by atoms with Gasteiger partial charge in [0.05, 0.1) is 24.3 Å². The van der Waals surface area contributed by atoms with E-state index in [4.69, 9.17) is 14.7 Å². The van der Waals surface area contributed by atoms with Gasteiger partial charge in [-0.2, -0.15) is 5.26 Å². The van der Waals surface area contributed by atoms with E-state index in [1.165, 1.54) is 12.8 Å². The summed E-state index contributed by atoms with van der Waals surface area (Å²) in [5.74, 6) is 0.769. The molecule has 1 aromatic rings. The van der Waals surface area contributed by atoms with Crippen LogP contribution in [0.15, 0.2) is 24.3 Å². The molecule has 0 aromatic heterocycles. The van der Waals surface area contributed by atoms with Crippen LogP contribution in [-0.4, -0.2) is 44.4 Å². The lowest BCUT2D eigenvalue weighted by Gasteiger charge is -2.20. The smallest absolute Gasteiger partial charge is 0.120 e. The molecule has 1 fully saturated rings. The third kappa shape index (κ3) is 4.84. The molecule has 1 aliphatic heterocycles. The summed E-state index contributed by atoms with van der Waals surface area (Å²) in [7, 11) is 2.12.